The molecule has 1 amide bonds. The van der Waals surface area contributed by atoms with Crippen LogP contribution in [0.3, 0.4) is 0 Å². The van der Waals surface area contributed by atoms with Crippen molar-refractivity contribution in [2.45, 2.75) is 50.8 Å². The van der Waals surface area contributed by atoms with Crippen molar-refractivity contribution in [2.24, 2.45) is 0 Å². The predicted octanol–water partition coefficient (Wildman–Crippen LogP) is 6.73. The van der Waals surface area contributed by atoms with E-state index < -0.39 is 6.04 Å². The van der Waals surface area contributed by atoms with Crippen LogP contribution in [0.1, 0.15) is 43.5 Å². The number of anilines is 2. The zero-order chi connectivity index (χ0) is 27.5. The molecule has 2 N–H and O–H groups in total. The molecule has 200 valence electrons. The molecule has 7 nitrogen and oxygen atoms in total. The molecule has 1 aliphatic heterocycles. The van der Waals surface area contributed by atoms with Crippen LogP contribution in [0.2, 0.25) is 0 Å². The molecule has 0 fully saturated rings. The molecule has 1 aromatic heterocycles. The van der Waals surface area contributed by atoms with Gasteiger partial charge in [0, 0.05) is 17.1 Å². The van der Waals surface area contributed by atoms with Crippen molar-refractivity contribution in [2.75, 3.05) is 10.6 Å². The van der Waals surface area contributed by atoms with Gasteiger partial charge in [0.2, 0.25) is 11.1 Å². The quantitative estimate of drug-likeness (QED) is 0.240. The smallest absolute Gasteiger partial charge is 0.255 e. The van der Waals surface area contributed by atoms with Crippen molar-refractivity contribution in [3.05, 3.63) is 107 Å². The van der Waals surface area contributed by atoms with Gasteiger partial charge in [-0.15, -0.1) is 5.10 Å². The lowest BCUT2D eigenvalue weighted by Gasteiger charge is -2.29. The van der Waals surface area contributed by atoms with Crippen LogP contribution in [0.25, 0.3) is 0 Å². The number of nitrogens with one attached hydrogen (secondary N) is 2. The first kappa shape index (κ1) is 26.5. The molecule has 1 unspecified atom stereocenters. The number of halogens is 1. The van der Waals surface area contributed by atoms with Gasteiger partial charge in [0.15, 0.2) is 0 Å². The molecule has 5 rings (SSSR count). The van der Waals surface area contributed by atoms with Crippen molar-refractivity contribution < 1.29 is 13.9 Å². The highest BCUT2D eigenvalue weighted by Crippen LogP contribution is 2.38. The van der Waals surface area contributed by atoms with Gasteiger partial charge in [-0.1, -0.05) is 54.2 Å². The summed E-state index contributed by atoms with van der Waals surface area (Å²) in [5.74, 6) is 1.09. The SMILES string of the molecule is CC1=C(C(=O)Nc2cccc(C)c2)C(c2cccc(OC(C)C)c2)n2nc(SCc3ccccc3F)nc2N1. The fraction of sp³-hybridized carbons (Fsp3) is 0.233. The molecule has 4 aromatic rings. The molecule has 0 saturated carbocycles. The highest BCUT2D eigenvalue weighted by atomic mass is 32.2. The number of carbonyl (C=O) groups is 1. The van der Waals surface area contributed by atoms with E-state index in [2.05, 4.69) is 15.6 Å². The van der Waals surface area contributed by atoms with Crippen molar-refractivity contribution in [1.82, 2.24) is 14.8 Å². The minimum absolute atomic E-state index is 0.00189. The number of fused-ring (bicyclic) bond motifs is 1. The zero-order valence-electron chi connectivity index (χ0n) is 22.2. The second kappa shape index (κ2) is 11.3. The number of aromatic nitrogens is 3. The van der Waals surface area contributed by atoms with Gasteiger partial charge in [0.1, 0.15) is 17.6 Å². The van der Waals surface area contributed by atoms with Crippen LogP contribution in [-0.4, -0.2) is 26.8 Å². The number of carbonyl (C=O) groups excluding carboxylic acids is 1. The van der Waals surface area contributed by atoms with Crippen molar-refractivity contribution in [3.8, 4) is 5.75 Å². The third kappa shape index (κ3) is 5.98. The number of ether oxygens (including phenoxy) is 1. The number of benzene rings is 3. The Labute approximate surface area is 231 Å². The Morgan fingerprint density at radius 1 is 1.10 bits per heavy atom. The molecule has 0 aliphatic carbocycles. The van der Waals surface area contributed by atoms with E-state index in [1.54, 1.807) is 22.9 Å². The Morgan fingerprint density at radius 3 is 2.67 bits per heavy atom. The minimum atomic E-state index is -0.558. The summed E-state index contributed by atoms with van der Waals surface area (Å²) >= 11 is 1.34. The Bertz CT molecular complexity index is 1550. The number of hydrogen-bond acceptors (Lipinski definition) is 6. The second-order valence-electron chi connectivity index (χ2n) is 9.67. The first-order chi connectivity index (χ1) is 18.8. The Kier molecular flexibility index (Phi) is 7.70. The number of rotatable bonds is 8. The van der Waals surface area contributed by atoms with Gasteiger partial charge >= 0.3 is 0 Å². The summed E-state index contributed by atoms with van der Waals surface area (Å²) in [5.41, 5.74) is 4.35. The van der Waals surface area contributed by atoms with Crippen LogP contribution in [0, 0.1) is 12.7 Å². The number of nitrogens with zero attached hydrogens (tertiary/aromatic N) is 3. The van der Waals surface area contributed by atoms with Gasteiger partial charge in [0.05, 0.1) is 11.7 Å². The summed E-state index contributed by atoms with van der Waals surface area (Å²) in [6.45, 7) is 7.78. The van der Waals surface area contributed by atoms with Gasteiger partial charge in [-0.25, -0.2) is 9.07 Å². The minimum Gasteiger partial charge on any atom is -0.491 e. The maximum absolute atomic E-state index is 14.2. The van der Waals surface area contributed by atoms with Crippen molar-refractivity contribution in [1.29, 1.82) is 0 Å². The summed E-state index contributed by atoms with van der Waals surface area (Å²) in [6, 6.07) is 21.5. The van der Waals surface area contributed by atoms with E-state index in [0.29, 0.717) is 45.1 Å². The highest BCUT2D eigenvalue weighted by Gasteiger charge is 2.34. The maximum Gasteiger partial charge on any atom is 0.255 e. The van der Waals surface area contributed by atoms with Gasteiger partial charge < -0.3 is 15.4 Å². The standard InChI is InChI=1S/C30H30FN5O2S/c1-18(2)38-24-13-8-11-21(16-24)27-26(28(37)33-23-12-7-9-19(3)15-23)20(4)32-29-34-30(35-36(27)29)39-17-22-10-5-6-14-25(22)31/h5-16,18,27H,17H2,1-4H3,(H,33,37)(H,32,34,35). The molecular formula is C30H30FN5O2S. The number of thioether (sulfide) groups is 1. The molecule has 0 spiro atoms. The fourth-order valence-corrected chi connectivity index (χ4v) is 5.32. The van der Waals surface area contributed by atoms with Gasteiger partial charge in [-0.3, -0.25) is 4.79 Å². The third-order valence-electron chi connectivity index (χ3n) is 6.21. The van der Waals surface area contributed by atoms with Gasteiger partial charge in [0.25, 0.3) is 5.91 Å². The number of amides is 1. The summed E-state index contributed by atoms with van der Waals surface area (Å²) in [6.07, 6.45) is -0.00189. The third-order valence-corrected chi connectivity index (χ3v) is 7.10. The van der Waals surface area contributed by atoms with Crippen LogP contribution in [0.15, 0.2) is 89.2 Å². The molecular weight excluding hydrogens is 513 g/mol. The monoisotopic (exact) mass is 543 g/mol. The average Bonchev–Trinajstić information content (AvgIpc) is 3.29. The molecule has 9 heteroatoms. The van der Waals surface area contributed by atoms with E-state index in [0.717, 1.165) is 11.1 Å². The number of allylic oxidation sites excluding steroid dienone is 1. The van der Waals surface area contributed by atoms with Crippen LogP contribution < -0.4 is 15.4 Å². The van der Waals surface area contributed by atoms with Gasteiger partial charge in [-0.2, -0.15) is 4.98 Å². The lowest BCUT2D eigenvalue weighted by Crippen LogP contribution is -2.31. The summed E-state index contributed by atoms with van der Waals surface area (Å²) in [4.78, 5) is 18.4. The van der Waals surface area contributed by atoms with Crippen LogP contribution in [-0.2, 0) is 10.5 Å². The van der Waals surface area contributed by atoms with Gasteiger partial charge in [-0.05, 0) is 74.7 Å². The molecule has 2 heterocycles. The van der Waals surface area contributed by atoms with E-state index in [-0.39, 0.29) is 17.8 Å². The summed E-state index contributed by atoms with van der Waals surface area (Å²) in [5, 5.41) is 11.5. The highest BCUT2D eigenvalue weighted by molar-refractivity contribution is 7.98. The molecule has 0 saturated heterocycles. The molecule has 39 heavy (non-hydrogen) atoms. The first-order valence-corrected chi connectivity index (χ1v) is 13.7. The lowest BCUT2D eigenvalue weighted by atomic mass is 9.94. The predicted molar refractivity (Wildman–Crippen MR) is 152 cm³/mol. The van der Waals surface area contributed by atoms with Crippen molar-refractivity contribution in [3.63, 3.8) is 0 Å². The maximum atomic E-state index is 14.2. The largest absolute Gasteiger partial charge is 0.491 e. The zero-order valence-corrected chi connectivity index (χ0v) is 23.1. The second-order valence-corrected chi connectivity index (χ2v) is 10.6. The first-order valence-electron chi connectivity index (χ1n) is 12.7. The van der Waals surface area contributed by atoms with E-state index >= 15 is 0 Å². The van der Waals surface area contributed by atoms with E-state index in [9.17, 15) is 9.18 Å². The average molecular weight is 544 g/mol. The Balaban J connectivity index is 1.52. The van der Waals surface area contributed by atoms with Crippen LogP contribution in [0.4, 0.5) is 16.0 Å². The van der Waals surface area contributed by atoms with E-state index in [4.69, 9.17) is 9.84 Å². The van der Waals surface area contributed by atoms with Crippen LogP contribution >= 0.6 is 11.8 Å². The van der Waals surface area contributed by atoms with Crippen LogP contribution in [0.5, 0.6) is 5.75 Å². The fourth-order valence-electron chi connectivity index (χ4n) is 4.50. The summed E-state index contributed by atoms with van der Waals surface area (Å²) < 4.78 is 21.9. The molecule has 1 atom stereocenters. The van der Waals surface area contributed by atoms with E-state index in [1.807, 2.05) is 76.2 Å². The van der Waals surface area contributed by atoms with E-state index in [1.165, 1.54) is 17.8 Å². The Hall–Kier alpha value is -4.11. The number of hydrogen-bond donors (Lipinski definition) is 2. The topological polar surface area (TPSA) is 81.1 Å². The molecule has 0 radical (unpaired) electrons. The summed E-state index contributed by atoms with van der Waals surface area (Å²) in [7, 11) is 0. The molecule has 1 aliphatic rings. The Morgan fingerprint density at radius 2 is 1.90 bits per heavy atom. The molecule has 3 aromatic carbocycles. The van der Waals surface area contributed by atoms with Crippen molar-refractivity contribution >= 4 is 29.3 Å². The number of aryl methyl sites for hydroxylation is 1. The normalized spacial score (nSPS) is 14.7. The lowest BCUT2D eigenvalue weighted by molar-refractivity contribution is -0.113. The molecule has 0 bridgehead atoms.